The first kappa shape index (κ1) is 14.9. The largest absolute Gasteiger partial charge is 0.494 e. The van der Waals surface area contributed by atoms with Crippen LogP contribution < -0.4 is 10.1 Å². The van der Waals surface area contributed by atoms with E-state index in [1.165, 1.54) is 38.0 Å². The number of ether oxygens (including phenoxy) is 1. The lowest BCUT2D eigenvalue weighted by Crippen LogP contribution is -2.40. The van der Waals surface area contributed by atoms with Gasteiger partial charge < -0.3 is 10.1 Å². The molecule has 3 heteroatoms. The highest BCUT2D eigenvalue weighted by Gasteiger charge is 2.36. The summed E-state index contributed by atoms with van der Waals surface area (Å²) in [5, 5.41) is 3.69. The minimum atomic E-state index is 0.498. The lowest BCUT2D eigenvalue weighted by molar-refractivity contribution is 0.250. The SMILES string of the molecule is CCCOc1ccc(C(C)N2C[C@@H]3CCCN[C@@H]3C2)cc1. The summed E-state index contributed by atoms with van der Waals surface area (Å²) in [4.78, 5) is 2.63. The van der Waals surface area contributed by atoms with Crippen molar-refractivity contribution in [2.45, 2.75) is 45.2 Å². The third-order valence-electron chi connectivity index (χ3n) is 5.01. The second-order valence-electron chi connectivity index (χ2n) is 6.51. The summed E-state index contributed by atoms with van der Waals surface area (Å²) in [6, 6.07) is 9.90. The fraction of sp³-hybridized carbons (Fsp3) is 0.667. The van der Waals surface area contributed by atoms with Gasteiger partial charge in [0.2, 0.25) is 0 Å². The van der Waals surface area contributed by atoms with Crippen LogP contribution in [0.2, 0.25) is 0 Å². The molecule has 2 aliphatic heterocycles. The molecule has 0 aromatic heterocycles. The molecule has 3 rings (SSSR count). The molecule has 0 bridgehead atoms. The first-order valence-electron chi connectivity index (χ1n) is 8.48. The number of likely N-dealkylation sites (tertiary alicyclic amines) is 1. The van der Waals surface area contributed by atoms with Crippen molar-refractivity contribution in [3.63, 3.8) is 0 Å². The Morgan fingerprint density at radius 1 is 1.29 bits per heavy atom. The monoisotopic (exact) mass is 288 g/mol. The maximum absolute atomic E-state index is 5.67. The van der Waals surface area contributed by atoms with Crippen LogP contribution >= 0.6 is 0 Å². The highest BCUT2D eigenvalue weighted by molar-refractivity contribution is 5.29. The van der Waals surface area contributed by atoms with Gasteiger partial charge in [-0.2, -0.15) is 0 Å². The zero-order chi connectivity index (χ0) is 14.7. The van der Waals surface area contributed by atoms with Crippen LogP contribution in [-0.2, 0) is 0 Å². The van der Waals surface area contributed by atoms with Crippen LogP contribution in [0.4, 0.5) is 0 Å². The predicted octanol–water partition coefficient (Wildman–Crippen LogP) is 3.22. The first-order chi connectivity index (χ1) is 10.3. The Morgan fingerprint density at radius 2 is 2.10 bits per heavy atom. The summed E-state index contributed by atoms with van der Waals surface area (Å²) >= 11 is 0. The van der Waals surface area contributed by atoms with E-state index >= 15 is 0 Å². The summed E-state index contributed by atoms with van der Waals surface area (Å²) in [5.74, 6) is 1.85. The number of hydrogen-bond acceptors (Lipinski definition) is 3. The minimum absolute atomic E-state index is 0.498. The van der Waals surface area contributed by atoms with Crippen molar-refractivity contribution in [1.82, 2.24) is 10.2 Å². The van der Waals surface area contributed by atoms with Gasteiger partial charge in [-0.15, -0.1) is 0 Å². The van der Waals surface area contributed by atoms with Gasteiger partial charge in [-0.1, -0.05) is 19.1 Å². The molecule has 1 aromatic carbocycles. The van der Waals surface area contributed by atoms with Gasteiger partial charge in [0.05, 0.1) is 6.61 Å². The molecule has 21 heavy (non-hydrogen) atoms. The molecule has 2 saturated heterocycles. The van der Waals surface area contributed by atoms with E-state index in [-0.39, 0.29) is 0 Å². The van der Waals surface area contributed by atoms with Crippen molar-refractivity contribution < 1.29 is 4.74 Å². The van der Waals surface area contributed by atoms with Crippen LogP contribution in [0, 0.1) is 5.92 Å². The minimum Gasteiger partial charge on any atom is -0.494 e. The van der Waals surface area contributed by atoms with Crippen LogP contribution in [0.5, 0.6) is 5.75 Å². The van der Waals surface area contributed by atoms with Crippen LogP contribution in [0.3, 0.4) is 0 Å². The van der Waals surface area contributed by atoms with Crippen LogP contribution in [-0.4, -0.2) is 37.2 Å². The number of hydrogen-bond donors (Lipinski definition) is 1. The quantitative estimate of drug-likeness (QED) is 0.900. The summed E-state index contributed by atoms with van der Waals surface area (Å²) in [6.45, 7) is 8.91. The van der Waals surface area contributed by atoms with Crippen LogP contribution in [0.1, 0.15) is 44.7 Å². The second-order valence-corrected chi connectivity index (χ2v) is 6.51. The molecule has 0 amide bonds. The van der Waals surface area contributed by atoms with Gasteiger partial charge in [0.1, 0.15) is 5.75 Å². The average Bonchev–Trinajstić information content (AvgIpc) is 2.96. The molecule has 0 radical (unpaired) electrons. The molecule has 0 aliphatic carbocycles. The Morgan fingerprint density at radius 3 is 2.81 bits per heavy atom. The van der Waals surface area contributed by atoms with E-state index in [9.17, 15) is 0 Å². The van der Waals surface area contributed by atoms with Crippen molar-refractivity contribution in [2.75, 3.05) is 26.2 Å². The number of rotatable bonds is 5. The van der Waals surface area contributed by atoms with E-state index in [1.54, 1.807) is 0 Å². The van der Waals surface area contributed by atoms with E-state index in [0.717, 1.165) is 24.7 Å². The fourth-order valence-electron chi connectivity index (χ4n) is 3.67. The predicted molar refractivity (Wildman–Crippen MR) is 86.7 cm³/mol. The third-order valence-corrected chi connectivity index (χ3v) is 5.01. The molecule has 1 N–H and O–H groups in total. The molecule has 2 heterocycles. The number of fused-ring (bicyclic) bond motifs is 1. The number of piperidine rings is 1. The van der Waals surface area contributed by atoms with E-state index < -0.39 is 0 Å². The Hall–Kier alpha value is -1.06. The van der Waals surface area contributed by atoms with Gasteiger partial charge in [0.25, 0.3) is 0 Å². The standard InChI is InChI=1S/C18H28N2O/c1-3-11-21-17-8-6-15(7-9-17)14(2)20-12-16-5-4-10-19-18(16)13-20/h6-9,14,16,18-19H,3-5,10-13H2,1-2H3/t14?,16-,18+/m0/s1. The van der Waals surface area contributed by atoms with E-state index in [4.69, 9.17) is 4.74 Å². The summed E-state index contributed by atoms with van der Waals surface area (Å²) in [5.41, 5.74) is 1.40. The normalized spacial score (nSPS) is 27.3. The molecule has 3 atom stereocenters. The van der Waals surface area contributed by atoms with Gasteiger partial charge in [0, 0.05) is 25.2 Å². The molecule has 0 spiro atoms. The summed E-state index contributed by atoms with van der Waals surface area (Å²) < 4.78 is 5.67. The maximum atomic E-state index is 5.67. The van der Waals surface area contributed by atoms with Gasteiger partial charge in [-0.05, 0) is 56.3 Å². The molecular weight excluding hydrogens is 260 g/mol. The van der Waals surface area contributed by atoms with Crippen LogP contribution in [0.25, 0.3) is 0 Å². The number of nitrogens with one attached hydrogen (secondary N) is 1. The van der Waals surface area contributed by atoms with Gasteiger partial charge in [-0.25, -0.2) is 0 Å². The Bertz CT molecular complexity index is 431. The number of nitrogens with zero attached hydrogens (tertiary/aromatic N) is 1. The van der Waals surface area contributed by atoms with Gasteiger partial charge in [0.15, 0.2) is 0 Å². The van der Waals surface area contributed by atoms with Crippen molar-refractivity contribution in [2.24, 2.45) is 5.92 Å². The molecule has 3 nitrogen and oxygen atoms in total. The Labute approximate surface area is 128 Å². The lowest BCUT2D eigenvalue weighted by atomic mass is 9.94. The molecule has 0 saturated carbocycles. The average molecular weight is 288 g/mol. The smallest absolute Gasteiger partial charge is 0.119 e. The summed E-state index contributed by atoms with van der Waals surface area (Å²) in [7, 11) is 0. The first-order valence-corrected chi connectivity index (χ1v) is 8.48. The van der Waals surface area contributed by atoms with E-state index in [1.807, 2.05) is 0 Å². The second kappa shape index (κ2) is 6.80. The van der Waals surface area contributed by atoms with Crippen molar-refractivity contribution in [1.29, 1.82) is 0 Å². The summed E-state index contributed by atoms with van der Waals surface area (Å²) in [6.07, 6.45) is 3.79. The fourth-order valence-corrected chi connectivity index (χ4v) is 3.67. The van der Waals surface area contributed by atoms with Crippen molar-refractivity contribution >= 4 is 0 Å². The molecule has 2 fully saturated rings. The van der Waals surface area contributed by atoms with E-state index in [2.05, 4.69) is 48.3 Å². The third kappa shape index (κ3) is 3.41. The Kier molecular flexibility index (Phi) is 4.81. The zero-order valence-electron chi connectivity index (χ0n) is 13.3. The van der Waals surface area contributed by atoms with Crippen LogP contribution in [0.15, 0.2) is 24.3 Å². The van der Waals surface area contributed by atoms with Gasteiger partial charge in [-0.3, -0.25) is 4.90 Å². The molecule has 116 valence electrons. The zero-order valence-corrected chi connectivity index (χ0v) is 13.3. The molecular formula is C18H28N2O. The van der Waals surface area contributed by atoms with Crippen molar-refractivity contribution in [3.8, 4) is 5.75 Å². The highest BCUT2D eigenvalue weighted by Crippen LogP contribution is 2.31. The van der Waals surface area contributed by atoms with E-state index in [0.29, 0.717) is 12.1 Å². The molecule has 1 unspecified atom stereocenters. The molecule has 2 aliphatic rings. The molecule has 1 aromatic rings. The Balaban J connectivity index is 1.61. The maximum Gasteiger partial charge on any atom is 0.119 e. The van der Waals surface area contributed by atoms with Gasteiger partial charge >= 0.3 is 0 Å². The topological polar surface area (TPSA) is 24.5 Å². The van der Waals surface area contributed by atoms with Crippen molar-refractivity contribution in [3.05, 3.63) is 29.8 Å². The lowest BCUT2D eigenvalue weighted by Gasteiger charge is -2.25. The highest BCUT2D eigenvalue weighted by atomic mass is 16.5. The number of benzene rings is 1.